The van der Waals surface area contributed by atoms with Crippen LogP contribution in [-0.4, -0.2) is 42.8 Å². The van der Waals surface area contributed by atoms with Crippen LogP contribution in [0.5, 0.6) is 5.75 Å². The van der Waals surface area contributed by atoms with Crippen molar-refractivity contribution >= 4 is 29.0 Å². The molecule has 3 aromatic rings. The zero-order chi connectivity index (χ0) is 23.4. The smallest absolute Gasteiger partial charge is 0.257 e. The molecule has 170 valence electrons. The van der Waals surface area contributed by atoms with Crippen molar-refractivity contribution in [1.29, 1.82) is 0 Å². The number of hydrogen-bond acceptors (Lipinski definition) is 4. The van der Waals surface area contributed by atoms with Crippen LogP contribution in [0.1, 0.15) is 33.2 Å². The van der Waals surface area contributed by atoms with Gasteiger partial charge in [0.25, 0.3) is 5.91 Å². The van der Waals surface area contributed by atoms with Crippen LogP contribution in [-0.2, 0) is 6.61 Å². The van der Waals surface area contributed by atoms with Gasteiger partial charge in [0.1, 0.15) is 18.2 Å². The lowest BCUT2D eigenvalue weighted by Crippen LogP contribution is -2.49. The summed E-state index contributed by atoms with van der Waals surface area (Å²) in [4.78, 5) is 28.3. The number of benzene rings is 3. The van der Waals surface area contributed by atoms with Gasteiger partial charge in [0.15, 0.2) is 5.78 Å². The van der Waals surface area contributed by atoms with E-state index >= 15 is 0 Å². The highest BCUT2D eigenvalue weighted by molar-refractivity contribution is 6.30. The molecular weight excluding hydrogens is 443 g/mol. The number of carbonyl (C=O) groups excluding carboxylic acids is 2. The van der Waals surface area contributed by atoms with Gasteiger partial charge in [-0.3, -0.25) is 9.59 Å². The molecule has 0 aliphatic carbocycles. The number of anilines is 1. The minimum Gasteiger partial charge on any atom is -0.488 e. The summed E-state index contributed by atoms with van der Waals surface area (Å²) in [6.07, 6.45) is 0. The number of ketones is 1. The Morgan fingerprint density at radius 3 is 2.33 bits per heavy atom. The van der Waals surface area contributed by atoms with E-state index in [-0.39, 0.29) is 11.7 Å². The molecule has 4 rings (SSSR count). The van der Waals surface area contributed by atoms with Crippen LogP contribution < -0.4 is 9.64 Å². The molecule has 0 saturated carbocycles. The molecule has 1 fully saturated rings. The highest BCUT2D eigenvalue weighted by Gasteiger charge is 2.25. The standard InChI is InChI=1S/C26H24ClFN2O3/c1-18(31)20-8-11-24(23(28)16-20)29-12-14-30(15-13-29)26(32)22-4-2-3-5-25(22)33-17-19-6-9-21(27)10-7-19/h2-11,16H,12-15,17H2,1H3. The molecule has 0 aromatic heterocycles. The molecule has 0 N–H and O–H groups in total. The number of carbonyl (C=O) groups is 2. The van der Waals surface area contributed by atoms with Crippen LogP contribution >= 0.6 is 11.6 Å². The van der Waals surface area contributed by atoms with E-state index in [1.807, 2.05) is 29.2 Å². The number of ether oxygens (including phenoxy) is 1. The van der Waals surface area contributed by atoms with Gasteiger partial charge in [0, 0.05) is 36.8 Å². The Bertz CT molecular complexity index is 1160. The first kappa shape index (κ1) is 22.8. The first-order chi connectivity index (χ1) is 15.9. The van der Waals surface area contributed by atoms with Crippen molar-refractivity contribution in [2.75, 3.05) is 31.1 Å². The van der Waals surface area contributed by atoms with Crippen molar-refractivity contribution in [1.82, 2.24) is 4.90 Å². The van der Waals surface area contributed by atoms with Gasteiger partial charge in [-0.1, -0.05) is 35.9 Å². The number of Topliss-reactive ketones (excluding diaryl/α,β-unsaturated/α-hetero) is 1. The second-order valence-electron chi connectivity index (χ2n) is 7.91. The predicted octanol–water partition coefficient (Wildman–Crippen LogP) is 5.22. The van der Waals surface area contributed by atoms with Gasteiger partial charge in [-0.25, -0.2) is 4.39 Å². The van der Waals surface area contributed by atoms with Gasteiger partial charge >= 0.3 is 0 Å². The minimum absolute atomic E-state index is 0.117. The number of hydrogen-bond donors (Lipinski definition) is 0. The van der Waals surface area contributed by atoms with Crippen LogP contribution in [0.3, 0.4) is 0 Å². The third-order valence-electron chi connectivity index (χ3n) is 5.69. The number of halogens is 2. The molecule has 1 saturated heterocycles. The highest BCUT2D eigenvalue weighted by Crippen LogP contribution is 2.25. The van der Waals surface area contributed by atoms with E-state index in [1.165, 1.54) is 13.0 Å². The van der Waals surface area contributed by atoms with Crippen LogP contribution in [0, 0.1) is 5.82 Å². The molecule has 0 atom stereocenters. The molecule has 5 nitrogen and oxygen atoms in total. The average molecular weight is 467 g/mol. The average Bonchev–Trinajstić information content (AvgIpc) is 2.83. The Labute approximate surface area is 197 Å². The van der Waals surface area contributed by atoms with Gasteiger partial charge in [-0.05, 0) is 55.0 Å². The maximum Gasteiger partial charge on any atom is 0.257 e. The molecule has 1 heterocycles. The Morgan fingerprint density at radius 1 is 0.970 bits per heavy atom. The Hall–Kier alpha value is -3.38. The lowest BCUT2D eigenvalue weighted by atomic mass is 10.1. The third-order valence-corrected chi connectivity index (χ3v) is 5.94. The number of rotatable bonds is 6. The second kappa shape index (κ2) is 10.0. The summed E-state index contributed by atoms with van der Waals surface area (Å²) >= 11 is 5.93. The summed E-state index contributed by atoms with van der Waals surface area (Å²) in [5, 5.41) is 0.656. The number of nitrogens with zero attached hydrogens (tertiary/aromatic N) is 2. The second-order valence-corrected chi connectivity index (χ2v) is 8.35. The van der Waals surface area contributed by atoms with Crippen LogP contribution in [0.15, 0.2) is 66.7 Å². The third kappa shape index (κ3) is 5.34. The molecular formula is C26H24ClFN2O3. The van der Waals surface area contributed by atoms with Crippen molar-refractivity contribution in [3.05, 3.63) is 94.3 Å². The topological polar surface area (TPSA) is 49.9 Å². The molecule has 3 aromatic carbocycles. The molecule has 0 unspecified atom stereocenters. The quantitative estimate of drug-likeness (QED) is 0.467. The largest absolute Gasteiger partial charge is 0.488 e. The molecule has 0 radical (unpaired) electrons. The Kier molecular flexibility index (Phi) is 6.94. The summed E-state index contributed by atoms with van der Waals surface area (Å²) in [5.41, 5.74) is 2.24. The lowest BCUT2D eigenvalue weighted by molar-refractivity contribution is 0.0741. The van der Waals surface area contributed by atoms with Crippen molar-refractivity contribution in [3.63, 3.8) is 0 Å². The molecule has 33 heavy (non-hydrogen) atoms. The zero-order valence-electron chi connectivity index (χ0n) is 18.3. The molecule has 0 spiro atoms. The maximum atomic E-state index is 14.5. The van der Waals surface area contributed by atoms with Crippen LogP contribution in [0.4, 0.5) is 10.1 Å². The fourth-order valence-electron chi connectivity index (χ4n) is 3.81. The molecule has 1 aliphatic heterocycles. The minimum atomic E-state index is -0.427. The predicted molar refractivity (Wildman–Crippen MR) is 127 cm³/mol. The SMILES string of the molecule is CC(=O)c1ccc(N2CCN(C(=O)c3ccccc3OCc3ccc(Cl)cc3)CC2)c(F)c1. The summed E-state index contributed by atoms with van der Waals surface area (Å²) in [6.45, 7) is 3.64. The monoisotopic (exact) mass is 466 g/mol. The van der Waals surface area contributed by atoms with Crippen molar-refractivity contribution in [2.45, 2.75) is 13.5 Å². The zero-order valence-corrected chi connectivity index (χ0v) is 19.0. The normalized spacial score (nSPS) is 13.7. The molecule has 1 amide bonds. The van der Waals surface area contributed by atoms with E-state index in [4.69, 9.17) is 16.3 Å². The molecule has 7 heteroatoms. The van der Waals surface area contributed by atoms with Crippen molar-refractivity contribution < 1.29 is 18.7 Å². The number of piperazine rings is 1. The summed E-state index contributed by atoms with van der Waals surface area (Å²) in [6, 6.07) is 19.1. The van der Waals surface area contributed by atoms with Gasteiger partial charge in [-0.15, -0.1) is 0 Å². The summed E-state index contributed by atoms with van der Waals surface area (Å²) in [7, 11) is 0. The fraction of sp³-hybridized carbons (Fsp3) is 0.231. The Balaban J connectivity index is 1.41. The highest BCUT2D eigenvalue weighted by atomic mass is 35.5. The van der Waals surface area contributed by atoms with Crippen molar-refractivity contribution in [3.8, 4) is 5.75 Å². The van der Waals surface area contributed by atoms with Gasteiger partial charge in [-0.2, -0.15) is 0 Å². The summed E-state index contributed by atoms with van der Waals surface area (Å²) in [5.74, 6) is -0.198. The van der Waals surface area contributed by atoms with E-state index < -0.39 is 5.82 Å². The fourth-order valence-corrected chi connectivity index (χ4v) is 3.94. The maximum absolute atomic E-state index is 14.5. The molecule has 1 aliphatic rings. The molecule has 0 bridgehead atoms. The van der Waals surface area contributed by atoms with E-state index in [0.29, 0.717) is 60.4 Å². The first-order valence-corrected chi connectivity index (χ1v) is 11.1. The summed E-state index contributed by atoms with van der Waals surface area (Å²) < 4.78 is 20.5. The van der Waals surface area contributed by atoms with E-state index in [0.717, 1.165) is 5.56 Å². The van der Waals surface area contributed by atoms with Gasteiger partial charge in [0.05, 0.1) is 11.3 Å². The van der Waals surface area contributed by atoms with Crippen LogP contribution in [0.25, 0.3) is 0 Å². The lowest BCUT2D eigenvalue weighted by Gasteiger charge is -2.36. The van der Waals surface area contributed by atoms with Gasteiger partial charge in [0.2, 0.25) is 0 Å². The van der Waals surface area contributed by atoms with E-state index in [2.05, 4.69) is 0 Å². The number of para-hydroxylation sites is 1. The Morgan fingerprint density at radius 2 is 1.67 bits per heavy atom. The van der Waals surface area contributed by atoms with Gasteiger partial charge < -0.3 is 14.5 Å². The van der Waals surface area contributed by atoms with Crippen LogP contribution in [0.2, 0.25) is 5.02 Å². The van der Waals surface area contributed by atoms with Crippen molar-refractivity contribution in [2.24, 2.45) is 0 Å². The first-order valence-electron chi connectivity index (χ1n) is 10.7. The number of amides is 1. The van der Waals surface area contributed by atoms with E-state index in [1.54, 1.807) is 41.3 Å². The van der Waals surface area contributed by atoms with E-state index in [9.17, 15) is 14.0 Å².